The molecule has 0 spiro atoms. The van der Waals surface area contributed by atoms with E-state index in [2.05, 4.69) is 10.6 Å². The minimum atomic E-state index is -0.437. The lowest BCUT2D eigenvalue weighted by atomic mass is 10.2. The van der Waals surface area contributed by atoms with Crippen molar-refractivity contribution in [2.24, 2.45) is 0 Å². The Hall–Kier alpha value is -1.36. The topological polar surface area (TPSA) is 24.1 Å². The zero-order valence-electron chi connectivity index (χ0n) is 11.2. The summed E-state index contributed by atoms with van der Waals surface area (Å²) in [5, 5.41) is 7.16. The summed E-state index contributed by atoms with van der Waals surface area (Å²) in [6, 6.07) is 10.2. The molecule has 0 amide bonds. The Kier molecular flexibility index (Phi) is 5.39. The number of aryl methyl sites for hydroxylation is 1. The molecule has 2 rings (SSSR count). The molecule has 2 aromatic carbocycles. The Morgan fingerprint density at radius 1 is 1.14 bits per heavy atom. The first-order valence-corrected chi connectivity index (χ1v) is 7.37. The van der Waals surface area contributed by atoms with E-state index in [0.29, 0.717) is 16.7 Å². The van der Waals surface area contributed by atoms with Crippen molar-refractivity contribution in [2.45, 2.75) is 13.5 Å². The molecule has 0 atom stereocenters. The fraction of sp³-hybridized carbons (Fsp3) is 0.133. The average Bonchev–Trinajstić information content (AvgIpc) is 2.43. The SMILES string of the molecule is Cc1ccc(NC(=S)NCc2ccc(F)c(Cl)c2)c(Cl)c1. The van der Waals surface area contributed by atoms with Crippen LogP contribution in [0.25, 0.3) is 0 Å². The van der Waals surface area contributed by atoms with Gasteiger partial charge in [0.25, 0.3) is 0 Å². The highest BCUT2D eigenvalue weighted by Crippen LogP contribution is 2.22. The lowest BCUT2D eigenvalue weighted by molar-refractivity contribution is 0.627. The minimum absolute atomic E-state index is 0.0924. The third-order valence-electron chi connectivity index (χ3n) is 2.81. The van der Waals surface area contributed by atoms with Gasteiger partial charge in [-0.05, 0) is 54.5 Å². The molecule has 21 heavy (non-hydrogen) atoms. The van der Waals surface area contributed by atoms with E-state index >= 15 is 0 Å². The van der Waals surface area contributed by atoms with Gasteiger partial charge in [-0.1, -0.05) is 35.3 Å². The number of halogens is 3. The fourth-order valence-electron chi connectivity index (χ4n) is 1.72. The van der Waals surface area contributed by atoms with Crippen molar-refractivity contribution in [3.8, 4) is 0 Å². The number of thiocarbonyl (C=S) groups is 1. The molecule has 0 unspecified atom stereocenters. The number of hydrogen-bond donors (Lipinski definition) is 2. The van der Waals surface area contributed by atoms with E-state index in [1.807, 2.05) is 25.1 Å². The van der Waals surface area contributed by atoms with Crippen molar-refractivity contribution in [1.29, 1.82) is 0 Å². The number of benzene rings is 2. The van der Waals surface area contributed by atoms with E-state index < -0.39 is 5.82 Å². The van der Waals surface area contributed by atoms with Crippen LogP contribution in [0.3, 0.4) is 0 Å². The summed E-state index contributed by atoms with van der Waals surface area (Å²) in [5.41, 5.74) is 2.64. The van der Waals surface area contributed by atoms with Crippen molar-refractivity contribution < 1.29 is 4.39 Å². The smallest absolute Gasteiger partial charge is 0.171 e. The molecule has 0 bridgehead atoms. The molecule has 2 nitrogen and oxygen atoms in total. The minimum Gasteiger partial charge on any atom is -0.358 e. The van der Waals surface area contributed by atoms with Crippen LogP contribution in [0, 0.1) is 12.7 Å². The van der Waals surface area contributed by atoms with E-state index in [4.69, 9.17) is 35.4 Å². The third kappa shape index (κ3) is 4.56. The highest BCUT2D eigenvalue weighted by molar-refractivity contribution is 7.80. The molecule has 0 saturated heterocycles. The van der Waals surface area contributed by atoms with Crippen LogP contribution in [0.5, 0.6) is 0 Å². The number of nitrogens with one attached hydrogen (secondary N) is 2. The summed E-state index contributed by atoms with van der Waals surface area (Å²) in [6.45, 7) is 2.40. The first kappa shape index (κ1) is 16.0. The summed E-state index contributed by atoms with van der Waals surface area (Å²) in [7, 11) is 0. The Morgan fingerprint density at radius 2 is 1.90 bits per heavy atom. The van der Waals surface area contributed by atoms with Gasteiger partial charge in [0, 0.05) is 6.54 Å². The molecule has 0 radical (unpaired) electrons. The maximum Gasteiger partial charge on any atom is 0.171 e. The van der Waals surface area contributed by atoms with E-state index in [9.17, 15) is 4.39 Å². The summed E-state index contributed by atoms with van der Waals surface area (Å²) in [5.74, 6) is -0.437. The number of rotatable bonds is 3. The van der Waals surface area contributed by atoms with Gasteiger partial charge in [-0.25, -0.2) is 4.39 Å². The van der Waals surface area contributed by atoms with Crippen LogP contribution in [0.2, 0.25) is 10.0 Å². The summed E-state index contributed by atoms with van der Waals surface area (Å²) < 4.78 is 13.1. The van der Waals surface area contributed by atoms with Crippen LogP contribution >= 0.6 is 35.4 Å². The van der Waals surface area contributed by atoms with Crippen LogP contribution < -0.4 is 10.6 Å². The van der Waals surface area contributed by atoms with Crippen molar-refractivity contribution in [3.63, 3.8) is 0 Å². The standard InChI is InChI=1S/C15H13Cl2FN2S/c1-9-2-5-14(12(17)6-9)20-15(21)19-8-10-3-4-13(18)11(16)7-10/h2-7H,8H2,1H3,(H2,19,20,21). The Labute approximate surface area is 138 Å². The zero-order chi connectivity index (χ0) is 15.4. The lowest BCUT2D eigenvalue weighted by Gasteiger charge is -2.12. The van der Waals surface area contributed by atoms with Gasteiger partial charge in [-0.15, -0.1) is 0 Å². The van der Waals surface area contributed by atoms with Crippen molar-refractivity contribution >= 4 is 46.2 Å². The van der Waals surface area contributed by atoms with Crippen LogP contribution in [-0.4, -0.2) is 5.11 Å². The van der Waals surface area contributed by atoms with Gasteiger partial charge in [0.05, 0.1) is 15.7 Å². The first-order chi connectivity index (χ1) is 9.95. The predicted octanol–water partition coefficient (Wildman–Crippen LogP) is 4.93. The molecule has 6 heteroatoms. The monoisotopic (exact) mass is 342 g/mol. The third-order valence-corrected chi connectivity index (χ3v) is 3.66. The zero-order valence-corrected chi connectivity index (χ0v) is 13.5. The molecule has 0 heterocycles. The summed E-state index contributed by atoms with van der Waals surface area (Å²) >= 11 is 17.0. The van der Waals surface area contributed by atoms with E-state index in [1.54, 1.807) is 12.1 Å². The van der Waals surface area contributed by atoms with Crippen molar-refractivity contribution in [3.05, 3.63) is 63.4 Å². The highest BCUT2D eigenvalue weighted by Gasteiger charge is 2.04. The largest absolute Gasteiger partial charge is 0.358 e. The van der Waals surface area contributed by atoms with Crippen molar-refractivity contribution in [2.75, 3.05) is 5.32 Å². The second-order valence-electron chi connectivity index (χ2n) is 4.54. The molecular weight excluding hydrogens is 330 g/mol. The van der Waals surface area contributed by atoms with E-state index in [0.717, 1.165) is 16.8 Å². The predicted molar refractivity (Wildman–Crippen MR) is 90.7 cm³/mol. The second kappa shape index (κ2) is 7.07. The average molecular weight is 343 g/mol. The van der Waals surface area contributed by atoms with Gasteiger partial charge in [0.15, 0.2) is 5.11 Å². The van der Waals surface area contributed by atoms with Gasteiger partial charge >= 0.3 is 0 Å². The first-order valence-electron chi connectivity index (χ1n) is 6.20. The molecule has 2 aromatic rings. The Morgan fingerprint density at radius 3 is 2.57 bits per heavy atom. The van der Waals surface area contributed by atoms with Gasteiger partial charge in [0.2, 0.25) is 0 Å². The molecule has 110 valence electrons. The molecule has 0 saturated carbocycles. The Balaban J connectivity index is 1.94. The van der Waals surface area contributed by atoms with E-state index in [1.165, 1.54) is 6.07 Å². The molecule has 0 aliphatic heterocycles. The van der Waals surface area contributed by atoms with Gasteiger partial charge in [0.1, 0.15) is 5.82 Å². The molecule has 2 N–H and O–H groups in total. The number of anilines is 1. The molecule has 0 fully saturated rings. The van der Waals surface area contributed by atoms with Gasteiger partial charge in [-0.2, -0.15) is 0 Å². The van der Waals surface area contributed by atoms with Gasteiger partial charge in [-0.3, -0.25) is 0 Å². The maximum atomic E-state index is 13.1. The normalized spacial score (nSPS) is 10.3. The van der Waals surface area contributed by atoms with Gasteiger partial charge < -0.3 is 10.6 Å². The highest BCUT2D eigenvalue weighted by atomic mass is 35.5. The van der Waals surface area contributed by atoms with Crippen LogP contribution in [0.1, 0.15) is 11.1 Å². The maximum absolute atomic E-state index is 13.1. The number of hydrogen-bond acceptors (Lipinski definition) is 1. The summed E-state index contributed by atoms with van der Waals surface area (Å²) in [6.07, 6.45) is 0. The Bertz CT molecular complexity index is 677. The molecular formula is C15H13Cl2FN2S. The van der Waals surface area contributed by atoms with Crippen LogP contribution in [-0.2, 0) is 6.54 Å². The van der Waals surface area contributed by atoms with Crippen molar-refractivity contribution in [1.82, 2.24) is 5.32 Å². The fourth-order valence-corrected chi connectivity index (χ4v) is 2.39. The van der Waals surface area contributed by atoms with Crippen LogP contribution in [0.4, 0.5) is 10.1 Å². The lowest BCUT2D eigenvalue weighted by Crippen LogP contribution is -2.28. The summed E-state index contributed by atoms with van der Waals surface area (Å²) in [4.78, 5) is 0. The quantitative estimate of drug-likeness (QED) is 0.773. The van der Waals surface area contributed by atoms with E-state index in [-0.39, 0.29) is 5.02 Å². The second-order valence-corrected chi connectivity index (χ2v) is 5.76. The van der Waals surface area contributed by atoms with Crippen LogP contribution in [0.15, 0.2) is 36.4 Å². The molecule has 0 aliphatic carbocycles. The molecule has 0 aromatic heterocycles. The molecule has 0 aliphatic rings.